The van der Waals surface area contributed by atoms with Gasteiger partial charge in [0.1, 0.15) is 11.2 Å². The van der Waals surface area contributed by atoms with E-state index < -0.39 is 23.5 Å². The highest BCUT2D eigenvalue weighted by atomic mass is 16.4. The first-order valence-electron chi connectivity index (χ1n) is 10.4. The maximum Gasteiger partial charge on any atom is 0.339 e. The second-order valence-electron chi connectivity index (χ2n) is 8.99. The van der Waals surface area contributed by atoms with Crippen molar-refractivity contribution in [1.82, 2.24) is 5.32 Å². The molecule has 0 radical (unpaired) electrons. The molecule has 0 unspecified atom stereocenters. The van der Waals surface area contributed by atoms with Gasteiger partial charge in [0, 0.05) is 33.9 Å². The van der Waals surface area contributed by atoms with Gasteiger partial charge in [0.05, 0.1) is 18.3 Å². The third-order valence-corrected chi connectivity index (χ3v) is 5.78. The van der Waals surface area contributed by atoms with Crippen LogP contribution in [0.4, 0.5) is 0 Å². The van der Waals surface area contributed by atoms with Crippen LogP contribution in [-0.4, -0.2) is 17.9 Å². The summed E-state index contributed by atoms with van der Waals surface area (Å²) in [6, 6.07) is 0.932. The zero-order chi connectivity index (χ0) is 23.1. The maximum absolute atomic E-state index is 12.7. The van der Waals surface area contributed by atoms with Crippen LogP contribution >= 0.6 is 0 Å². The molecule has 0 aliphatic carbocycles. The summed E-state index contributed by atoms with van der Waals surface area (Å²) in [7, 11) is 0. The van der Waals surface area contributed by atoms with E-state index in [0.29, 0.717) is 16.7 Å². The molecule has 0 saturated heterocycles. The topological polar surface area (TPSA) is 113 Å². The molecular formula is C24H28NO6-. The molecule has 0 aliphatic rings. The molecule has 1 N–H and O–H groups in total. The van der Waals surface area contributed by atoms with Crippen molar-refractivity contribution in [1.29, 1.82) is 0 Å². The lowest BCUT2D eigenvalue weighted by atomic mass is 9.86. The number of carbonyl (C=O) groups excluding carboxylic acids is 2. The minimum atomic E-state index is -1.33. The Morgan fingerprint density at radius 2 is 1.81 bits per heavy atom. The molecular weight excluding hydrogens is 398 g/mol. The van der Waals surface area contributed by atoms with Crippen molar-refractivity contribution in [2.45, 2.75) is 72.3 Å². The van der Waals surface area contributed by atoms with E-state index in [2.05, 4.69) is 26.1 Å². The molecule has 0 bridgehead atoms. The van der Waals surface area contributed by atoms with Crippen molar-refractivity contribution < 1.29 is 23.5 Å². The zero-order valence-electron chi connectivity index (χ0n) is 18.8. The summed E-state index contributed by atoms with van der Waals surface area (Å²) < 4.78 is 11.4. The number of aliphatic carboxylic acids is 1. The number of carboxylic acid groups (broad SMARTS) is 1. The van der Waals surface area contributed by atoms with E-state index in [9.17, 15) is 19.5 Å². The van der Waals surface area contributed by atoms with Crippen LogP contribution in [0.5, 0.6) is 0 Å². The van der Waals surface area contributed by atoms with Crippen LogP contribution in [0.25, 0.3) is 21.9 Å². The zero-order valence-corrected chi connectivity index (χ0v) is 18.8. The van der Waals surface area contributed by atoms with Gasteiger partial charge in [-0.05, 0) is 43.7 Å². The number of hydrogen-bond acceptors (Lipinski definition) is 6. The van der Waals surface area contributed by atoms with E-state index in [1.54, 1.807) is 13.2 Å². The predicted octanol–water partition coefficient (Wildman–Crippen LogP) is 3.03. The fourth-order valence-corrected chi connectivity index (χ4v) is 3.90. The highest BCUT2D eigenvalue weighted by Gasteiger charge is 2.24. The average molecular weight is 426 g/mol. The Morgan fingerprint density at radius 1 is 1.13 bits per heavy atom. The maximum atomic E-state index is 12.7. The number of amides is 1. The van der Waals surface area contributed by atoms with Crippen molar-refractivity contribution >= 4 is 33.8 Å². The van der Waals surface area contributed by atoms with Crippen molar-refractivity contribution in [2.24, 2.45) is 0 Å². The van der Waals surface area contributed by atoms with Gasteiger partial charge in [-0.1, -0.05) is 27.7 Å². The summed E-state index contributed by atoms with van der Waals surface area (Å²) in [6.45, 7) is 11.7. The van der Waals surface area contributed by atoms with Crippen molar-refractivity contribution in [3.8, 4) is 0 Å². The van der Waals surface area contributed by atoms with Crippen molar-refractivity contribution in [2.75, 3.05) is 0 Å². The number of carbonyl (C=O) groups is 2. The van der Waals surface area contributed by atoms with E-state index in [0.717, 1.165) is 27.5 Å². The third-order valence-electron chi connectivity index (χ3n) is 5.78. The van der Waals surface area contributed by atoms with Gasteiger partial charge in [0.25, 0.3) is 0 Å². The summed E-state index contributed by atoms with van der Waals surface area (Å²) in [6.07, 6.45) is 2.09. The van der Waals surface area contributed by atoms with Crippen LogP contribution in [0.1, 0.15) is 62.8 Å². The van der Waals surface area contributed by atoms with E-state index in [4.69, 9.17) is 8.83 Å². The number of rotatable bonds is 6. The van der Waals surface area contributed by atoms with Gasteiger partial charge in [-0.25, -0.2) is 4.79 Å². The van der Waals surface area contributed by atoms with Crippen LogP contribution in [0.3, 0.4) is 0 Å². The SMILES string of the molecule is CC[C@@H](NC(=O)CCc1c(C)c2cc3c(C(C)(C)C)coc3c(C)c2oc1=O)C(=O)[O-]. The molecule has 0 fully saturated rings. The fraction of sp³-hybridized carbons (Fsp3) is 0.458. The molecule has 0 aliphatic heterocycles. The van der Waals surface area contributed by atoms with Gasteiger partial charge in [0.15, 0.2) is 0 Å². The van der Waals surface area contributed by atoms with E-state index in [1.165, 1.54) is 0 Å². The summed E-state index contributed by atoms with van der Waals surface area (Å²) in [5.41, 5.74) is 3.51. The molecule has 31 heavy (non-hydrogen) atoms. The second-order valence-corrected chi connectivity index (χ2v) is 8.99. The highest BCUT2D eigenvalue weighted by molar-refractivity contribution is 6.00. The molecule has 7 nitrogen and oxygen atoms in total. The lowest BCUT2D eigenvalue weighted by Gasteiger charge is -2.18. The lowest BCUT2D eigenvalue weighted by molar-refractivity contribution is -0.308. The summed E-state index contributed by atoms with van der Waals surface area (Å²) in [5.74, 6) is -1.78. The smallest absolute Gasteiger partial charge is 0.339 e. The van der Waals surface area contributed by atoms with Gasteiger partial charge in [-0.3, -0.25) is 4.79 Å². The number of carboxylic acids is 1. The Kier molecular flexibility index (Phi) is 5.98. The largest absolute Gasteiger partial charge is 0.548 e. The van der Waals surface area contributed by atoms with Crippen molar-refractivity contribution in [3.63, 3.8) is 0 Å². The predicted molar refractivity (Wildman–Crippen MR) is 116 cm³/mol. The molecule has 3 rings (SSSR count). The second kappa shape index (κ2) is 8.21. The Balaban J connectivity index is 2.02. The molecule has 1 atom stereocenters. The van der Waals surface area contributed by atoms with Crippen LogP contribution in [0.2, 0.25) is 0 Å². The van der Waals surface area contributed by atoms with Crippen LogP contribution in [0, 0.1) is 13.8 Å². The molecule has 2 heterocycles. The Bertz CT molecular complexity index is 1230. The lowest BCUT2D eigenvalue weighted by Crippen LogP contribution is -2.47. The first-order valence-corrected chi connectivity index (χ1v) is 10.4. The van der Waals surface area contributed by atoms with Crippen molar-refractivity contribution in [3.05, 3.63) is 45.0 Å². The number of fused-ring (bicyclic) bond motifs is 2. The Morgan fingerprint density at radius 3 is 2.39 bits per heavy atom. The monoisotopic (exact) mass is 426 g/mol. The van der Waals surface area contributed by atoms with Crippen LogP contribution < -0.4 is 16.0 Å². The van der Waals surface area contributed by atoms with Gasteiger partial charge in [0.2, 0.25) is 5.91 Å². The molecule has 0 saturated carbocycles. The highest BCUT2D eigenvalue weighted by Crippen LogP contribution is 2.37. The fourth-order valence-electron chi connectivity index (χ4n) is 3.90. The van der Waals surface area contributed by atoms with Crippen LogP contribution in [-0.2, 0) is 21.4 Å². The van der Waals surface area contributed by atoms with E-state index >= 15 is 0 Å². The molecule has 2 aromatic heterocycles. The van der Waals surface area contributed by atoms with E-state index in [1.807, 2.05) is 19.9 Å². The average Bonchev–Trinajstić information content (AvgIpc) is 3.11. The quantitative estimate of drug-likeness (QED) is 0.606. The van der Waals surface area contributed by atoms with Gasteiger partial charge in [-0.15, -0.1) is 0 Å². The third kappa shape index (κ3) is 4.22. The standard InChI is InChI=1S/C24H29NO6/c1-7-18(22(27)28)25-19(26)9-8-14-12(2)15-10-16-17(24(4,5)6)11-30-20(16)13(3)21(15)31-23(14)29/h10-11,18H,7-9H2,1-6H3,(H,25,26)(H,27,28)/p-1/t18-/m1/s1. The minimum absolute atomic E-state index is 0.0267. The first-order chi connectivity index (χ1) is 14.5. The Hall–Kier alpha value is -3.09. The number of nitrogens with one attached hydrogen (secondary N) is 1. The van der Waals surface area contributed by atoms with E-state index in [-0.39, 0.29) is 24.7 Å². The van der Waals surface area contributed by atoms with Crippen LogP contribution in [0.15, 0.2) is 26.0 Å². The van der Waals surface area contributed by atoms with Gasteiger partial charge < -0.3 is 24.1 Å². The molecule has 166 valence electrons. The summed E-state index contributed by atoms with van der Waals surface area (Å²) >= 11 is 0. The first kappa shape index (κ1) is 22.6. The molecule has 1 aromatic carbocycles. The molecule has 1 amide bonds. The normalized spacial score (nSPS) is 13.0. The Labute approximate surface area is 180 Å². The molecule has 3 aromatic rings. The molecule has 7 heteroatoms. The number of furan rings is 1. The summed E-state index contributed by atoms with van der Waals surface area (Å²) in [4.78, 5) is 35.9. The summed E-state index contributed by atoms with van der Waals surface area (Å²) in [5, 5.41) is 15.2. The number of hydrogen-bond donors (Lipinski definition) is 1. The molecule has 0 spiro atoms. The minimum Gasteiger partial charge on any atom is -0.548 e. The number of benzene rings is 1. The van der Waals surface area contributed by atoms with Gasteiger partial charge >= 0.3 is 5.63 Å². The number of aryl methyl sites for hydroxylation is 2. The van der Waals surface area contributed by atoms with Gasteiger partial charge in [-0.2, -0.15) is 0 Å².